The summed E-state index contributed by atoms with van der Waals surface area (Å²) in [4.78, 5) is 15.9. The molecule has 30 heavy (non-hydrogen) atoms. The lowest BCUT2D eigenvalue weighted by atomic mass is 9.97. The van der Waals surface area contributed by atoms with Crippen LogP contribution in [0.5, 0.6) is 0 Å². The molecule has 5 rings (SSSR count). The number of thiophene rings is 2. The smallest absolute Gasteiger partial charge is 0.173 e. The third-order valence-corrected chi connectivity index (χ3v) is 8.24. The average Bonchev–Trinajstić information content (AvgIpc) is 3.52. The summed E-state index contributed by atoms with van der Waals surface area (Å²) < 4.78 is 11.3. The van der Waals surface area contributed by atoms with Gasteiger partial charge in [-0.05, 0) is 37.3 Å². The quantitative estimate of drug-likeness (QED) is 0.615. The molecule has 0 spiro atoms. The Balaban J connectivity index is 1.46. The number of fused-ring (bicyclic) bond motifs is 1. The molecule has 0 aliphatic carbocycles. The van der Waals surface area contributed by atoms with Crippen LogP contribution in [0, 0.1) is 19.8 Å². The molecule has 2 aliphatic rings. The molecule has 0 unspecified atom stereocenters. The summed E-state index contributed by atoms with van der Waals surface area (Å²) in [5, 5.41) is 6.99. The van der Waals surface area contributed by atoms with Crippen molar-refractivity contribution in [2.75, 3.05) is 51.4 Å². The monoisotopic (exact) mass is 444 g/mol. The second-order valence-electron chi connectivity index (χ2n) is 8.06. The van der Waals surface area contributed by atoms with Gasteiger partial charge in [0.05, 0.1) is 30.1 Å². The number of aromatic nitrogens is 2. The molecule has 0 aromatic carbocycles. The van der Waals surface area contributed by atoms with E-state index in [0.29, 0.717) is 12.0 Å². The number of anilines is 1. The highest BCUT2D eigenvalue weighted by molar-refractivity contribution is 7.19. The van der Waals surface area contributed by atoms with Gasteiger partial charge in [-0.15, -0.1) is 22.7 Å². The molecule has 2 atom stereocenters. The Morgan fingerprint density at radius 1 is 1.20 bits per heavy atom. The van der Waals surface area contributed by atoms with Crippen LogP contribution in [0.1, 0.15) is 16.9 Å². The molecule has 8 heteroatoms. The Kier molecular flexibility index (Phi) is 6.02. The van der Waals surface area contributed by atoms with Crippen molar-refractivity contribution >= 4 is 38.7 Å². The molecule has 0 amide bonds. The van der Waals surface area contributed by atoms with E-state index < -0.39 is 0 Å². The molecule has 0 bridgehead atoms. The molecule has 0 saturated carbocycles. The first kappa shape index (κ1) is 20.3. The van der Waals surface area contributed by atoms with Crippen molar-refractivity contribution in [1.29, 1.82) is 0 Å². The highest BCUT2D eigenvalue weighted by Gasteiger charge is 2.31. The normalized spacial score (nSPS) is 21.3. The lowest BCUT2D eigenvalue weighted by molar-refractivity contribution is 0.00460. The molecule has 0 radical (unpaired) electrons. The van der Waals surface area contributed by atoms with Crippen LogP contribution in [0.4, 0.5) is 5.82 Å². The number of hydrogen-bond acceptors (Lipinski definition) is 8. The maximum absolute atomic E-state index is 5.73. The van der Waals surface area contributed by atoms with E-state index in [1.165, 1.54) is 15.8 Å². The molecular weight excluding hydrogens is 416 g/mol. The van der Waals surface area contributed by atoms with Crippen LogP contribution in [0.25, 0.3) is 20.9 Å². The van der Waals surface area contributed by atoms with E-state index in [4.69, 9.17) is 19.4 Å². The number of morpholine rings is 1. The minimum atomic E-state index is 0.423. The minimum Gasteiger partial charge on any atom is -0.381 e. The second-order valence-corrected chi connectivity index (χ2v) is 10.2. The van der Waals surface area contributed by atoms with Gasteiger partial charge in [-0.3, -0.25) is 4.90 Å². The zero-order chi connectivity index (χ0) is 20.5. The molecule has 160 valence electrons. The largest absolute Gasteiger partial charge is 0.381 e. The van der Waals surface area contributed by atoms with Crippen molar-refractivity contribution in [3.8, 4) is 10.7 Å². The summed E-state index contributed by atoms with van der Waals surface area (Å²) in [7, 11) is 0. The van der Waals surface area contributed by atoms with Crippen molar-refractivity contribution in [3.05, 3.63) is 28.0 Å². The predicted molar refractivity (Wildman–Crippen MR) is 124 cm³/mol. The number of rotatable bonds is 6. The molecule has 3 aromatic rings. The Hall–Kier alpha value is -1.58. The molecule has 2 aliphatic heterocycles. The van der Waals surface area contributed by atoms with E-state index in [1.54, 1.807) is 22.7 Å². The first-order chi connectivity index (χ1) is 14.7. The summed E-state index contributed by atoms with van der Waals surface area (Å²) >= 11 is 3.44. The van der Waals surface area contributed by atoms with Gasteiger partial charge in [0, 0.05) is 43.1 Å². The number of hydrogen-bond donors (Lipinski definition) is 1. The first-order valence-electron chi connectivity index (χ1n) is 10.7. The van der Waals surface area contributed by atoms with Crippen molar-refractivity contribution in [2.45, 2.75) is 26.3 Å². The van der Waals surface area contributed by atoms with Crippen molar-refractivity contribution in [1.82, 2.24) is 14.9 Å². The first-order valence-corrected chi connectivity index (χ1v) is 12.4. The summed E-state index contributed by atoms with van der Waals surface area (Å²) in [5.74, 6) is 2.32. The fourth-order valence-electron chi connectivity index (χ4n) is 4.45. The van der Waals surface area contributed by atoms with Gasteiger partial charge in [-0.1, -0.05) is 6.07 Å². The van der Waals surface area contributed by atoms with Gasteiger partial charge >= 0.3 is 0 Å². The van der Waals surface area contributed by atoms with E-state index >= 15 is 0 Å². The van der Waals surface area contributed by atoms with Crippen LogP contribution in [0.3, 0.4) is 0 Å². The Bertz CT molecular complexity index is 992. The van der Waals surface area contributed by atoms with E-state index in [2.05, 4.69) is 41.6 Å². The van der Waals surface area contributed by atoms with Crippen LogP contribution in [-0.4, -0.2) is 67.0 Å². The third-order valence-electron chi connectivity index (χ3n) is 6.27. The maximum atomic E-state index is 5.73. The summed E-state index contributed by atoms with van der Waals surface area (Å²) in [6.07, 6.45) is 1.12. The van der Waals surface area contributed by atoms with Gasteiger partial charge in [-0.25, -0.2) is 9.97 Å². The standard InChI is InChI=1S/C22H28N4O2S2/c1-14-15(2)30-22-19(14)21(24-20(25-22)18-4-3-11-29-18)23-12-17(16-5-8-28-13-16)26-6-9-27-10-7-26/h3-4,11,16-17H,5-10,12-13H2,1-2H3,(H,23,24,25)/t16-,17+/m1/s1. The molecule has 2 fully saturated rings. The molecule has 1 N–H and O–H groups in total. The van der Waals surface area contributed by atoms with Gasteiger partial charge in [0.15, 0.2) is 5.82 Å². The fraction of sp³-hybridized carbons (Fsp3) is 0.545. The molecule has 6 nitrogen and oxygen atoms in total. The fourth-order valence-corrected chi connectivity index (χ4v) is 6.14. The molecule has 5 heterocycles. The summed E-state index contributed by atoms with van der Waals surface area (Å²) in [6.45, 7) is 10.5. The summed E-state index contributed by atoms with van der Waals surface area (Å²) in [5.41, 5.74) is 1.28. The minimum absolute atomic E-state index is 0.423. The van der Waals surface area contributed by atoms with Crippen LogP contribution < -0.4 is 5.32 Å². The van der Waals surface area contributed by atoms with Crippen LogP contribution in [0.15, 0.2) is 17.5 Å². The Morgan fingerprint density at radius 3 is 2.80 bits per heavy atom. The second kappa shape index (κ2) is 8.88. The topological polar surface area (TPSA) is 59.5 Å². The van der Waals surface area contributed by atoms with Gasteiger partial charge in [0.2, 0.25) is 0 Å². The van der Waals surface area contributed by atoms with E-state index in [-0.39, 0.29) is 0 Å². The van der Waals surface area contributed by atoms with E-state index in [9.17, 15) is 0 Å². The van der Waals surface area contributed by atoms with Crippen LogP contribution in [-0.2, 0) is 9.47 Å². The molecule has 3 aromatic heterocycles. The number of aryl methyl sites for hydroxylation is 2. The third kappa shape index (κ3) is 3.99. The lowest BCUT2D eigenvalue weighted by Gasteiger charge is -2.37. The number of ether oxygens (including phenoxy) is 2. The van der Waals surface area contributed by atoms with Crippen molar-refractivity contribution in [2.24, 2.45) is 5.92 Å². The Morgan fingerprint density at radius 2 is 2.07 bits per heavy atom. The predicted octanol–water partition coefficient (Wildman–Crippen LogP) is 4.19. The van der Waals surface area contributed by atoms with Crippen LogP contribution in [0.2, 0.25) is 0 Å². The zero-order valence-electron chi connectivity index (χ0n) is 17.5. The van der Waals surface area contributed by atoms with Crippen molar-refractivity contribution in [3.63, 3.8) is 0 Å². The lowest BCUT2D eigenvalue weighted by Crippen LogP contribution is -2.50. The average molecular weight is 445 g/mol. The van der Waals surface area contributed by atoms with E-state index in [1.807, 2.05) is 0 Å². The zero-order valence-corrected chi connectivity index (χ0v) is 19.2. The van der Waals surface area contributed by atoms with Gasteiger partial charge in [0.1, 0.15) is 10.6 Å². The van der Waals surface area contributed by atoms with E-state index in [0.717, 1.165) is 73.8 Å². The molecule has 2 saturated heterocycles. The highest BCUT2D eigenvalue weighted by atomic mass is 32.1. The SMILES string of the molecule is Cc1sc2nc(-c3cccs3)nc(NC[C@@H]([C@@H]3CCOC3)N3CCOCC3)c2c1C. The maximum Gasteiger partial charge on any atom is 0.173 e. The number of nitrogens with one attached hydrogen (secondary N) is 1. The Labute approximate surface area is 185 Å². The van der Waals surface area contributed by atoms with Gasteiger partial charge in [-0.2, -0.15) is 0 Å². The highest BCUT2D eigenvalue weighted by Crippen LogP contribution is 2.36. The van der Waals surface area contributed by atoms with Crippen LogP contribution >= 0.6 is 22.7 Å². The molecular formula is C22H28N4O2S2. The van der Waals surface area contributed by atoms with Crippen molar-refractivity contribution < 1.29 is 9.47 Å². The van der Waals surface area contributed by atoms with Gasteiger partial charge in [0.25, 0.3) is 0 Å². The number of nitrogens with zero attached hydrogens (tertiary/aromatic N) is 3. The van der Waals surface area contributed by atoms with Gasteiger partial charge < -0.3 is 14.8 Å². The summed E-state index contributed by atoms with van der Waals surface area (Å²) in [6, 6.07) is 4.57.